The molecule has 8 heteroatoms. The van der Waals surface area contributed by atoms with E-state index >= 15 is 0 Å². The molecule has 3 aromatic heterocycles. The van der Waals surface area contributed by atoms with Crippen molar-refractivity contribution in [2.24, 2.45) is 0 Å². The number of morpholine rings is 1. The molecule has 2 aliphatic rings. The predicted molar refractivity (Wildman–Crippen MR) is 94.9 cm³/mol. The molecular weight excluding hydrogens is 340 g/mol. The van der Waals surface area contributed by atoms with Crippen LogP contribution in [0.15, 0.2) is 24.5 Å². The van der Waals surface area contributed by atoms with E-state index in [1.807, 2.05) is 12.1 Å². The Labute approximate surface area is 149 Å². The molecule has 128 valence electrons. The van der Waals surface area contributed by atoms with Crippen molar-refractivity contribution < 1.29 is 4.74 Å². The molecule has 1 aliphatic heterocycles. The minimum Gasteiger partial charge on any atom is -0.378 e. The summed E-state index contributed by atoms with van der Waals surface area (Å²) < 4.78 is 7.67. The van der Waals surface area contributed by atoms with E-state index < -0.39 is 0 Å². The summed E-state index contributed by atoms with van der Waals surface area (Å²) in [7, 11) is 0. The fourth-order valence-corrected chi connectivity index (χ4v) is 3.47. The highest BCUT2D eigenvalue weighted by Gasteiger charge is 2.31. The van der Waals surface area contributed by atoms with E-state index in [2.05, 4.69) is 24.4 Å². The van der Waals surface area contributed by atoms with Crippen LogP contribution in [0.1, 0.15) is 18.9 Å². The van der Waals surface area contributed by atoms with Crippen molar-refractivity contribution in [3.63, 3.8) is 0 Å². The van der Waals surface area contributed by atoms with E-state index in [1.54, 1.807) is 12.4 Å². The van der Waals surface area contributed by atoms with Crippen LogP contribution in [0, 0.1) is 0 Å². The maximum absolute atomic E-state index is 6.26. The van der Waals surface area contributed by atoms with Gasteiger partial charge < -0.3 is 14.2 Å². The third kappa shape index (κ3) is 2.63. The molecule has 3 aromatic rings. The van der Waals surface area contributed by atoms with Crippen molar-refractivity contribution in [1.29, 1.82) is 0 Å². The van der Waals surface area contributed by atoms with Crippen LogP contribution in [0.2, 0.25) is 5.28 Å². The predicted octanol–water partition coefficient (Wildman–Crippen LogP) is 2.71. The van der Waals surface area contributed by atoms with Gasteiger partial charge in [0.2, 0.25) is 5.28 Å². The number of anilines is 1. The molecule has 0 aromatic carbocycles. The highest BCUT2D eigenvalue weighted by Crippen LogP contribution is 2.42. The maximum atomic E-state index is 6.26. The van der Waals surface area contributed by atoms with Crippen LogP contribution in [0.5, 0.6) is 0 Å². The first-order valence-electron chi connectivity index (χ1n) is 8.50. The van der Waals surface area contributed by atoms with Crippen LogP contribution < -0.4 is 4.90 Å². The average Bonchev–Trinajstić information content (AvgIpc) is 3.43. The number of pyridine rings is 1. The monoisotopic (exact) mass is 356 g/mol. The minimum absolute atomic E-state index is 0.261. The van der Waals surface area contributed by atoms with Gasteiger partial charge in [-0.2, -0.15) is 9.97 Å². The summed E-state index contributed by atoms with van der Waals surface area (Å²) in [5, 5.41) is 0.261. The topological polar surface area (TPSA) is 69.0 Å². The minimum atomic E-state index is 0.261. The van der Waals surface area contributed by atoms with Gasteiger partial charge in [-0.1, -0.05) is 0 Å². The number of hydrogen-bond donors (Lipinski definition) is 0. The third-order valence-electron chi connectivity index (χ3n) is 4.66. The van der Waals surface area contributed by atoms with E-state index in [-0.39, 0.29) is 5.28 Å². The van der Waals surface area contributed by atoms with E-state index in [1.165, 1.54) is 0 Å². The molecule has 0 bridgehead atoms. The standard InChI is InChI=1S/C17H17ClN6O/c18-17-21-15(23-7-9-25-10-8-23)13-16(22-17)24(12-1-2-12)14(20-13)11-3-5-19-6-4-11/h3-6,12H,1-2,7-10H2. The Kier molecular flexibility index (Phi) is 3.57. The zero-order chi connectivity index (χ0) is 16.8. The highest BCUT2D eigenvalue weighted by molar-refractivity contribution is 6.28. The Morgan fingerprint density at radius 1 is 1.04 bits per heavy atom. The van der Waals surface area contributed by atoms with Crippen LogP contribution in [-0.2, 0) is 4.74 Å². The fourth-order valence-electron chi connectivity index (χ4n) is 3.31. The molecule has 0 amide bonds. The summed E-state index contributed by atoms with van der Waals surface area (Å²) in [6.45, 7) is 2.93. The SMILES string of the molecule is Clc1nc(N2CCOCC2)c2nc(-c3ccncc3)n(C3CC3)c2n1. The lowest BCUT2D eigenvalue weighted by Gasteiger charge is -2.27. The molecule has 1 saturated heterocycles. The van der Waals surface area contributed by atoms with Crippen molar-refractivity contribution in [3.8, 4) is 11.4 Å². The molecule has 4 heterocycles. The quantitative estimate of drug-likeness (QED) is 0.672. The second kappa shape index (κ2) is 5.93. The maximum Gasteiger partial charge on any atom is 0.226 e. The van der Waals surface area contributed by atoms with Gasteiger partial charge in [-0.3, -0.25) is 4.98 Å². The van der Waals surface area contributed by atoms with Gasteiger partial charge in [0.25, 0.3) is 0 Å². The molecule has 0 atom stereocenters. The van der Waals surface area contributed by atoms with Crippen molar-refractivity contribution in [1.82, 2.24) is 24.5 Å². The Bertz CT molecular complexity index is 918. The van der Waals surface area contributed by atoms with E-state index in [0.29, 0.717) is 19.3 Å². The van der Waals surface area contributed by atoms with E-state index in [0.717, 1.165) is 54.3 Å². The van der Waals surface area contributed by atoms with Gasteiger partial charge in [-0.25, -0.2) is 4.98 Å². The number of halogens is 1. The van der Waals surface area contributed by atoms with Crippen molar-refractivity contribution in [2.45, 2.75) is 18.9 Å². The first-order valence-corrected chi connectivity index (χ1v) is 8.87. The smallest absolute Gasteiger partial charge is 0.226 e. The van der Waals surface area contributed by atoms with Gasteiger partial charge in [0.15, 0.2) is 17.0 Å². The largest absolute Gasteiger partial charge is 0.378 e. The summed E-state index contributed by atoms with van der Waals surface area (Å²) in [5.74, 6) is 1.71. The summed E-state index contributed by atoms with van der Waals surface area (Å²) in [4.78, 5) is 20.2. The number of imidazole rings is 1. The summed E-state index contributed by atoms with van der Waals surface area (Å²) >= 11 is 6.26. The lowest BCUT2D eigenvalue weighted by atomic mass is 10.2. The summed E-state index contributed by atoms with van der Waals surface area (Å²) in [5.41, 5.74) is 2.66. The summed E-state index contributed by atoms with van der Waals surface area (Å²) in [6.07, 6.45) is 5.84. The highest BCUT2D eigenvalue weighted by atomic mass is 35.5. The van der Waals surface area contributed by atoms with Crippen molar-refractivity contribution in [3.05, 3.63) is 29.8 Å². The molecule has 1 aliphatic carbocycles. The lowest BCUT2D eigenvalue weighted by Crippen LogP contribution is -2.37. The molecule has 2 fully saturated rings. The number of aromatic nitrogens is 5. The second-order valence-corrected chi connectivity index (χ2v) is 6.70. The van der Waals surface area contributed by atoms with Gasteiger partial charge in [-0.15, -0.1) is 0 Å². The van der Waals surface area contributed by atoms with Gasteiger partial charge in [-0.05, 0) is 36.6 Å². The van der Waals surface area contributed by atoms with Crippen LogP contribution in [-0.4, -0.2) is 50.8 Å². The van der Waals surface area contributed by atoms with Crippen LogP contribution in [0.25, 0.3) is 22.6 Å². The Morgan fingerprint density at radius 2 is 1.80 bits per heavy atom. The Hall–Kier alpha value is -2.25. The number of nitrogens with zero attached hydrogens (tertiary/aromatic N) is 6. The fraction of sp³-hybridized carbons (Fsp3) is 0.412. The molecule has 0 unspecified atom stereocenters. The van der Waals surface area contributed by atoms with Gasteiger partial charge in [0.1, 0.15) is 5.82 Å². The molecule has 25 heavy (non-hydrogen) atoms. The van der Waals surface area contributed by atoms with Crippen molar-refractivity contribution >= 4 is 28.6 Å². The first-order chi connectivity index (χ1) is 12.3. The van der Waals surface area contributed by atoms with Crippen molar-refractivity contribution in [2.75, 3.05) is 31.2 Å². The molecule has 1 saturated carbocycles. The van der Waals surface area contributed by atoms with Gasteiger partial charge in [0, 0.05) is 37.1 Å². The zero-order valence-electron chi connectivity index (χ0n) is 13.6. The van der Waals surface area contributed by atoms with Crippen LogP contribution in [0.4, 0.5) is 5.82 Å². The van der Waals surface area contributed by atoms with Crippen LogP contribution in [0.3, 0.4) is 0 Å². The normalized spacial score (nSPS) is 18.0. The van der Waals surface area contributed by atoms with E-state index in [4.69, 9.17) is 21.3 Å². The average molecular weight is 357 g/mol. The second-order valence-electron chi connectivity index (χ2n) is 6.36. The van der Waals surface area contributed by atoms with Gasteiger partial charge in [0.05, 0.1) is 13.2 Å². The van der Waals surface area contributed by atoms with Crippen LogP contribution >= 0.6 is 11.6 Å². The first kappa shape index (κ1) is 15.0. The number of rotatable bonds is 3. The molecule has 0 N–H and O–H groups in total. The third-order valence-corrected chi connectivity index (χ3v) is 4.82. The summed E-state index contributed by atoms with van der Waals surface area (Å²) in [6, 6.07) is 4.38. The van der Waals surface area contributed by atoms with E-state index in [9.17, 15) is 0 Å². The number of fused-ring (bicyclic) bond motifs is 1. The molecule has 0 radical (unpaired) electrons. The molecule has 5 rings (SSSR count). The Balaban J connectivity index is 1.74. The Morgan fingerprint density at radius 3 is 2.52 bits per heavy atom. The molecule has 0 spiro atoms. The molecular formula is C17H17ClN6O. The number of hydrogen-bond acceptors (Lipinski definition) is 6. The number of ether oxygens (including phenoxy) is 1. The zero-order valence-corrected chi connectivity index (χ0v) is 14.4. The van der Waals surface area contributed by atoms with Gasteiger partial charge >= 0.3 is 0 Å². The molecule has 7 nitrogen and oxygen atoms in total. The lowest BCUT2D eigenvalue weighted by molar-refractivity contribution is 0.122.